The lowest BCUT2D eigenvalue weighted by molar-refractivity contribution is -0.117. The molecule has 178 valence electrons. The number of carbonyl (C=O) groups is 1. The van der Waals surface area contributed by atoms with Gasteiger partial charge >= 0.3 is 0 Å². The molecule has 1 aliphatic carbocycles. The Morgan fingerprint density at radius 3 is 2.48 bits per heavy atom. The Morgan fingerprint density at radius 2 is 1.85 bits per heavy atom. The minimum Gasteiger partial charge on any atom is -0.350 e. The molecule has 2 aliphatic rings. The number of nitrogens with one attached hydrogen (secondary N) is 2. The first-order chi connectivity index (χ1) is 15.9. The highest BCUT2D eigenvalue weighted by Gasteiger charge is 2.28. The Balaban J connectivity index is 1.17. The summed E-state index contributed by atoms with van der Waals surface area (Å²) < 4.78 is 0. The predicted octanol–water partition coefficient (Wildman–Crippen LogP) is 5.90. The van der Waals surface area contributed by atoms with Crippen LogP contribution in [0.1, 0.15) is 67.0 Å². The van der Waals surface area contributed by atoms with Crippen LogP contribution in [0.15, 0.2) is 24.3 Å². The average molecular weight is 489 g/mol. The van der Waals surface area contributed by atoms with Gasteiger partial charge in [0.1, 0.15) is 0 Å². The highest BCUT2D eigenvalue weighted by atomic mass is 35.5. The number of H-pyrrole nitrogens is 1. The van der Waals surface area contributed by atoms with Crippen molar-refractivity contribution in [2.75, 3.05) is 19.6 Å². The second-order valence-electron chi connectivity index (χ2n) is 9.66. The quantitative estimate of drug-likeness (QED) is 0.497. The van der Waals surface area contributed by atoms with Gasteiger partial charge in [0.25, 0.3) is 0 Å². The largest absolute Gasteiger partial charge is 0.350 e. The molecule has 2 aromatic rings. The van der Waals surface area contributed by atoms with E-state index in [1.807, 2.05) is 6.07 Å². The number of hydrogen-bond acceptors (Lipinski definition) is 3. The van der Waals surface area contributed by atoms with Gasteiger partial charge < -0.3 is 10.2 Å². The fraction of sp³-hybridized carbons (Fsp3) is 0.538. The zero-order chi connectivity index (χ0) is 23.4. The van der Waals surface area contributed by atoms with Gasteiger partial charge in [-0.1, -0.05) is 29.3 Å². The molecule has 33 heavy (non-hydrogen) atoms. The molecule has 0 unspecified atom stereocenters. The van der Waals surface area contributed by atoms with Crippen LogP contribution in [0.4, 0.5) is 0 Å². The van der Waals surface area contributed by atoms with Gasteiger partial charge in [-0.15, -0.1) is 0 Å². The van der Waals surface area contributed by atoms with E-state index in [-0.39, 0.29) is 11.9 Å². The first-order valence-electron chi connectivity index (χ1n) is 12.1. The normalized spacial score (nSPS) is 22.7. The summed E-state index contributed by atoms with van der Waals surface area (Å²) in [5.41, 5.74) is 4.71. The third-order valence-electron chi connectivity index (χ3n) is 7.26. The first kappa shape index (κ1) is 24.3. The highest BCUT2D eigenvalue weighted by Crippen LogP contribution is 2.33. The van der Waals surface area contributed by atoms with E-state index in [0.29, 0.717) is 16.0 Å². The summed E-state index contributed by atoms with van der Waals surface area (Å²) in [7, 11) is 0. The van der Waals surface area contributed by atoms with Crippen molar-refractivity contribution in [1.82, 2.24) is 20.4 Å². The molecule has 0 spiro atoms. The van der Waals surface area contributed by atoms with Gasteiger partial charge in [0, 0.05) is 24.4 Å². The smallest absolute Gasteiger partial charge is 0.244 e. The van der Waals surface area contributed by atoms with E-state index in [0.717, 1.165) is 30.0 Å². The fourth-order valence-electron chi connectivity index (χ4n) is 5.46. The Hall–Kier alpha value is -1.82. The first-order valence-corrected chi connectivity index (χ1v) is 12.8. The van der Waals surface area contributed by atoms with Crippen LogP contribution < -0.4 is 5.32 Å². The van der Waals surface area contributed by atoms with Crippen molar-refractivity contribution < 1.29 is 4.79 Å². The monoisotopic (exact) mass is 488 g/mol. The second kappa shape index (κ2) is 11.1. The van der Waals surface area contributed by atoms with Crippen LogP contribution >= 0.6 is 23.2 Å². The minimum atomic E-state index is -0.0450. The minimum absolute atomic E-state index is 0.0450. The zero-order valence-electron chi connectivity index (χ0n) is 19.5. The lowest BCUT2D eigenvalue weighted by Crippen LogP contribution is -2.41. The summed E-state index contributed by atoms with van der Waals surface area (Å²) in [4.78, 5) is 15.0. The maximum atomic E-state index is 12.3. The van der Waals surface area contributed by atoms with E-state index in [2.05, 4.69) is 34.3 Å². The number of hydrogen-bond donors (Lipinski definition) is 2. The number of rotatable bonds is 6. The Morgan fingerprint density at radius 1 is 1.12 bits per heavy atom. The number of benzene rings is 1. The molecule has 1 aromatic heterocycles. The summed E-state index contributed by atoms with van der Waals surface area (Å²) in [5.74, 6) is 1.33. The van der Waals surface area contributed by atoms with Gasteiger partial charge in [0.05, 0.1) is 15.7 Å². The van der Waals surface area contributed by atoms with Gasteiger partial charge in [-0.3, -0.25) is 9.89 Å². The van der Waals surface area contributed by atoms with Crippen molar-refractivity contribution in [1.29, 1.82) is 0 Å². The van der Waals surface area contributed by atoms with Crippen LogP contribution in [0.3, 0.4) is 0 Å². The molecule has 1 saturated carbocycles. The Bertz CT molecular complexity index is 967. The number of aromatic amines is 1. The van der Waals surface area contributed by atoms with Crippen LogP contribution in [-0.2, 0) is 4.79 Å². The van der Waals surface area contributed by atoms with E-state index in [1.54, 1.807) is 24.3 Å². The number of aromatic nitrogens is 2. The molecule has 0 atom stereocenters. The van der Waals surface area contributed by atoms with Gasteiger partial charge in [-0.05, 0) is 107 Å². The van der Waals surface area contributed by atoms with Gasteiger partial charge in [0.2, 0.25) is 5.91 Å². The summed E-state index contributed by atoms with van der Waals surface area (Å²) in [6.45, 7) is 7.79. The van der Waals surface area contributed by atoms with E-state index in [9.17, 15) is 4.79 Å². The molecular formula is C26H34Cl2N4O. The Kier molecular flexibility index (Phi) is 8.15. The molecule has 1 aliphatic heterocycles. The second-order valence-corrected chi connectivity index (χ2v) is 10.5. The van der Waals surface area contributed by atoms with E-state index in [4.69, 9.17) is 23.2 Å². The van der Waals surface area contributed by atoms with Gasteiger partial charge in [-0.25, -0.2) is 0 Å². The van der Waals surface area contributed by atoms with Crippen molar-refractivity contribution in [3.8, 4) is 0 Å². The third-order valence-corrected chi connectivity index (χ3v) is 8.00. The number of carbonyl (C=O) groups excluding carboxylic acids is 1. The van der Waals surface area contributed by atoms with Crippen LogP contribution in [0.2, 0.25) is 10.0 Å². The summed E-state index contributed by atoms with van der Waals surface area (Å²) in [5, 5.41) is 11.7. The predicted molar refractivity (Wildman–Crippen MR) is 136 cm³/mol. The number of likely N-dealkylation sites (tertiary alicyclic amines) is 1. The van der Waals surface area contributed by atoms with Gasteiger partial charge in [-0.2, -0.15) is 5.10 Å². The summed E-state index contributed by atoms with van der Waals surface area (Å²) in [6, 6.07) is 5.62. The Labute approximate surface area is 206 Å². The van der Waals surface area contributed by atoms with E-state index >= 15 is 0 Å². The lowest BCUT2D eigenvalue weighted by atomic mass is 9.84. The lowest BCUT2D eigenvalue weighted by Gasteiger charge is -2.37. The SMILES string of the molecule is Cc1n[nH]c(C)c1C1CCN(CC2CCC(NC(=O)/C=C/c3ccc(Cl)c(Cl)c3)CC2)CC1. The van der Waals surface area contributed by atoms with Crippen LogP contribution in [0.5, 0.6) is 0 Å². The highest BCUT2D eigenvalue weighted by molar-refractivity contribution is 6.42. The van der Waals surface area contributed by atoms with Crippen LogP contribution in [-0.4, -0.2) is 46.7 Å². The van der Waals surface area contributed by atoms with E-state index in [1.165, 1.54) is 56.6 Å². The standard InChI is InChI=1S/C26H34Cl2N4O/c1-17-26(18(2)31-30-17)21-11-13-32(14-12-21)16-20-3-7-22(8-4-20)29-25(33)10-6-19-5-9-23(27)24(28)15-19/h5-6,9-10,15,20-22H,3-4,7-8,11-14,16H2,1-2H3,(H,29,33)(H,30,31)/b10-6+. The number of piperidine rings is 1. The summed E-state index contributed by atoms with van der Waals surface area (Å²) in [6.07, 6.45) is 10.3. The van der Waals surface area contributed by atoms with Crippen molar-refractivity contribution in [3.63, 3.8) is 0 Å². The molecule has 7 heteroatoms. The van der Waals surface area contributed by atoms with Crippen LogP contribution in [0.25, 0.3) is 6.08 Å². The molecule has 1 aromatic carbocycles. The topological polar surface area (TPSA) is 61.0 Å². The van der Waals surface area contributed by atoms with Crippen LogP contribution in [0, 0.1) is 19.8 Å². The molecule has 4 rings (SSSR count). The molecular weight excluding hydrogens is 455 g/mol. The molecule has 0 radical (unpaired) electrons. The van der Waals surface area contributed by atoms with Gasteiger partial charge in [0.15, 0.2) is 0 Å². The van der Waals surface area contributed by atoms with Crippen molar-refractivity contribution in [2.24, 2.45) is 5.92 Å². The molecule has 1 saturated heterocycles. The zero-order valence-corrected chi connectivity index (χ0v) is 21.1. The fourth-order valence-corrected chi connectivity index (χ4v) is 5.76. The average Bonchev–Trinajstić information content (AvgIpc) is 3.14. The number of amides is 1. The maximum absolute atomic E-state index is 12.3. The number of nitrogens with zero attached hydrogens (tertiary/aromatic N) is 2. The molecule has 1 amide bonds. The summed E-state index contributed by atoms with van der Waals surface area (Å²) >= 11 is 12.0. The molecule has 0 bridgehead atoms. The number of halogens is 2. The molecule has 2 N–H and O–H groups in total. The third kappa shape index (κ3) is 6.40. The maximum Gasteiger partial charge on any atom is 0.244 e. The van der Waals surface area contributed by atoms with E-state index < -0.39 is 0 Å². The van der Waals surface area contributed by atoms with Crippen molar-refractivity contribution in [3.05, 3.63) is 56.8 Å². The molecule has 5 nitrogen and oxygen atoms in total. The molecule has 2 fully saturated rings. The van der Waals surface area contributed by atoms with Crippen molar-refractivity contribution >= 4 is 35.2 Å². The molecule has 2 heterocycles. The van der Waals surface area contributed by atoms with Crippen molar-refractivity contribution in [2.45, 2.75) is 64.3 Å². The number of aryl methyl sites for hydroxylation is 2.